The molecule has 8 heteroatoms. The van der Waals surface area contributed by atoms with E-state index in [0.717, 1.165) is 0 Å². The third kappa shape index (κ3) is 3.58. The Morgan fingerprint density at radius 3 is 2.16 bits per heavy atom. The van der Waals surface area contributed by atoms with Crippen LogP contribution >= 0.6 is 0 Å². The van der Waals surface area contributed by atoms with Gasteiger partial charge in [-0.25, -0.2) is 38.1 Å². The van der Waals surface area contributed by atoms with Crippen molar-refractivity contribution in [2.45, 2.75) is 39.5 Å². The van der Waals surface area contributed by atoms with Crippen molar-refractivity contribution in [3.8, 4) is 16.9 Å². The van der Waals surface area contributed by atoms with E-state index < -0.39 is 17.3 Å². The van der Waals surface area contributed by atoms with Gasteiger partial charge in [-0.3, -0.25) is 0 Å². The summed E-state index contributed by atoms with van der Waals surface area (Å²) in [7, 11) is 0. The van der Waals surface area contributed by atoms with Gasteiger partial charge in [0.1, 0.15) is 23.7 Å². The van der Waals surface area contributed by atoms with Crippen LogP contribution in [0.4, 0.5) is 8.78 Å². The molecule has 0 spiro atoms. The highest BCUT2D eigenvalue weighted by molar-refractivity contribution is 5.80. The molecular formula is C23H21F2N5O. The number of nitrogens with zero attached hydrogens (tertiary/aromatic N) is 5. The number of hydrogen-bond donors (Lipinski definition) is 0. The first-order valence-electron chi connectivity index (χ1n) is 9.98. The lowest BCUT2D eigenvalue weighted by Gasteiger charge is -2.19. The highest BCUT2D eigenvalue weighted by Crippen LogP contribution is 2.31. The quantitative estimate of drug-likeness (QED) is 0.475. The molecular weight excluding hydrogens is 400 g/mol. The monoisotopic (exact) mass is 421 g/mol. The summed E-state index contributed by atoms with van der Waals surface area (Å²) in [6, 6.07) is 7.01. The standard InChI is InChI=1S/C23H21F2N5O/c1-12(2)18-21(19(13(3)4)28-11-27-18)30-22-14(10-26-23(30)31)9-17(25)20(29-22)15-7-5-6-8-16(15)24/h5-13H,1-4H3. The Balaban J connectivity index is 2.14. The molecule has 0 bridgehead atoms. The van der Waals surface area contributed by atoms with Gasteiger partial charge in [0.25, 0.3) is 0 Å². The van der Waals surface area contributed by atoms with Crippen molar-refractivity contribution >= 4 is 11.0 Å². The molecule has 4 rings (SSSR count). The molecule has 1 aromatic carbocycles. The van der Waals surface area contributed by atoms with Gasteiger partial charge in [-0.05, 0) is 30.0 Å². The van der Waals surface area contributed by atoms with E-state index in [9.17, 15) is 13.6 Å². The van der Waals surface area contributed by atoms with Gasteiger partial charge in [0.2, 0.25) is 0 Å². The summed E-state index contributed by atoms with van der Waals surface area (Å²) in [6.45, 7) is 7.82. The smallest absolute Gasteiger partial charge is 0.245 e. The maximum atomic E-state index is 14.9. The minimum absolute atomic E-state index is 0.00943. The van der Waals surface area contributed by atoms with E-state index in [4.69, 9.17) is 0 Å². The second-order valence-corrected chi connectivity index (χ2v) is 7.89. The van der Waals surface area contributed by atoms with Crippen LogP contribution in [0.2, 0.25) is 0 Å². The Bertz CT molecular complexity index is 1320. The molecule has 0 saturated carbocycles. The van der Waals surface area contributed by atoms with E-state index in [1.807, 2.05) is 27.7 Å². The average Bonchev–Trinajstić information content (AvgIpc) is 2.73. The average molecular weight is 421 g/mol. The van der Waals surface area contributed by atoms with Gasteiger partial charge >= 0.3 is 5.69 Å². The van der Waals surface area contributed by atoms with Crippen LogP contribution in [0.25, 0.3) is 28.0 Å². The summed E-state index contributed by atoms with van der Waals surface area (Å²) >= 11 is 0. The first-order chi connectivity index (χ1) is 14.8. The highest BCUT2D eigenvalue weighted by Gasteiger charge is 2.23. The van der Waals surface area contributed by atoms with E-state index in [-0.39, 0.29) is 28.7 Å². The lowest BCUT2D eigenvalue weighted by atomic mass is 10.0. The van der Waals surface area contributed by atoms with E-state index >= 15 is 0 Å². The number of aromatic nitrogens is 5. The van der Waals surface area contributed by atoms with Crippen molar-refractivity contribution in [1.29, 1.82) is 0 Å². The second kappa shape index (κ2) is 7.94. The molecule has 0 aliphatic heterocycles. The number of fused-ring (bicyclic) bond motifs is 1. The summed E-state index contributed by atoms with van der Waals surface area (Å²) in [5.74, 6) is -1.36. The number of benzene rings is 1. The normalized spacial score (nSPS) is 11.6. The molecule has 0 amide bonds. The molecule has 0 aliphatic rings. The SMILES string of the molecule is CC(C)c1ncnc(C(C)C)c1-n1c(=O)ncc2cc(F)c(-c3ccccc3F)nc21. The molecule has 31 heavy (non-hydrogen) atoms. The van der Waals surface area contributed by atoms with E-state index in [1.165, 1.54) is 41.4 Å². The molecule has 0 saturated heterocycles. The van der Waals surface area contributed by atoms with Gasteiger partial charge in [-0.2, -0.15) is 0 Å². The van der Waals surface area contributed by atoms with E-state index in [2.05, 4.69) is 19.9 Å². The van der Waals surface area contributed by atoms with Gasteiger partial charge in [0.05, 0.1) is 17.1 Å². The Morgan fingerprint density at radius 1 is 0.903 bits per heavy atom. The van der Waals surface area contributed by atoms with Gasteiger partial charge in [-0.1, -0.05) is 39.8 Å². The summed E-state index contributed by atoms with van der Waals surface area (Å²) in [4.78, 5) is 30.1. The maximum absolute atomic E-state index is 14.9. The predicted octanol–water partition coefficient (Wildman–Crippen LogP) is 4.76. The third-order valence-corrected chi connectivity index (χ3v) is 5.03. The predicted molar refractivity (Wildman–Crippen MR) is 114 cm³/mol. The minimum Gasteiger partial charge on any atom is -0.245 e. The summed E-state index contributed by atoms with van der Waals surface area (Å²) in [6.07, 6.45) is 2.74. The van der Waals surface area contributed by atoms with Crippen LogP contribution in [0.1, 0.15) is 50.9 Å². The lowest BCUT2D eigenvalue weighted by molar-refractivity contribution is 0.612. The molecule has 3 heterocycles. The highest BCUT2D eigenvalue weighted by atomic mass is 19.1. The second-order valence-electron chi connectivity index (χ2n) is 7.89. The van der Waals surface area contributed by atoms with Crippen molar-refractivity contribution in [2.75, 3.05) is 0 Å². The fraction of sp³-hybridized carbons (Fsp3) is 0.261. The zero-order valence-electron chi connectivity index (χ0n) is 17.6. The molecule has 0 fully saturated rings. The fourth-order valence-corrected chi connectivity index (χ4v) is 3.57. The fourth-order valence-electron chi connectivity index (χ4n) is 3.57. The van der Waals surface area contributed by atoms with Crippen molar-refractivity contribution in [3.05, 3.63) is 76.4 Å². The van der Waals surface area contributed by atoms with Crippen LogP contribution in [0.15, 0.2) is 47.7 Å². The molecule has 0 radical (unpaired) electrons. The van der Waals surface area contributed by atoms with E-state index in [1.54, 1.807) is 6.07 Å². The molecule has 0 atom stereocenters. The summed E-state index contributed by atoms with van der Waals surface area (Å²) < 4.78 is 30.6. The van der Waals surface area contributed by atoms with Crippen LogP contribution in [-0.4, -0.2) is 24.5 Å². The van der Waals surface area contributed by atoms with Gasteiger partial charge in [0, 0.05) is 17.1 Å². The lowest BCUT2D eigenvalue weighted by Crippen LogP contribution is -2.26. The van der Waals surface area contributed by atoms with Crippen LogP contribution in [-0.2, 0) is 0 Å². The van der Waals surface area contributed by atoms with Crippen molar-refractivity contribution in [1.82, 2.24) is 24.5 Å². The first kappa shape index (κ1) is 20.7. The van der Waals surface area contributed by atoms with Gasteiger partial charge < -0.3 is 0 Å². The number of halogens is 2. The Kier molecular flexibility index (Phi) is 5.31. The minimum atomic E-state index is -0.706. The molecule has 0 N–H and O–H groups in total. The van der Waals surface area contributed by atoms with Gasteiger partial charge in [0.15, 0.2) is 5.65 Å². The number of rotatable bonds is 4. The largest absolute Gasteiger partial charge is 0.353 e. The Hall–Kier alpha value is -3.55. The van der Waals surface area contributed by atoms with Crippen molar-refractivity contribution < 1.29 is 8.78 Å². The Labute approximate surface area is 177 Å². The molecule has 158 valence electrons. The topological polar surface area (TPSA) is 73.6 Å². The molecule has 4 aromatic rings. The zero-order valence-corrected chi connectivity index (χ0v) is 17.6. The molecule has 0 aliphatic carbocycles. The van der Waals surface area contributed by atoms with Crippen molar-refractivity contribution in [3.63, 3.8) is 0 Å². The van der Waals surface area contributed by atoms with E-state index in [0.29, 0.717) is 22.5 Å². The number of hydrogen-bond acceptors (Lipinski definition) is 5. The third-order valence-electron chi connectivity index (χ3n) is 5.03. The van der Waals surface area contributed by atoms with Gasteiger partial charge in [-0.15, -0.1) is 0 Å². The van der Waals surface area contributed by atoms with Crippen LogP contribution in [0.3, 0.4) is 0 Å². The molecule has 0 unspecified atom stereocenters. The van der Waals surface area contributed by atoms with Crippen LogP contribution < -0.4 is 5.69 Å². The zero-order chi connectivity index (χ0) is 22.3. The summed E-state index contributed by atoms with van der Waals surface area (Å²) in [5, 5.41) is 0.311. The maximum Gasteiger partial charge on any atom is 0.353 e. The van der Waals surface area contributed by atoms with Crippen LogP contribution in [0, 0.1) is 11.6 Å². The van der Waals surface area contributed by atoms with Crippen molar-refractivity contribution in [2.24, 2.45) is 0 Å². The number of pyridine rings is 1. The summed E-state index contributed by atoms with van der Waals surface area (Å²) in [5.41, 5.74) is 1.17. The Morgan fingerprint density at radius 2 is 1.55 bits per heavy atom. The first-order valence-corrected chi connectivity index (χ1v) is 9.98. The molecule has 3 aromatic heterocycles. The van der Waals surface area contributed by atoms with Crippen LogP contribution in [0.5, 0.6) is 0 Å². The molecule has 6 nitrogen and oxygen atoms in total.